The molecule has 0 aliphatic carbocycles. The molecule has 118 valence electrons. The van der Waals surface area contributed by atoms with Gasteiger partial charge < -0.3 is 14.8 Å². The predicted molar refractivity (Wildman–Crippen MR) is 82.5 cm³/mol. The number of nitrogens with one attached hydrogen (secondary N) is 1. The molecule has 1 aliphatic heterocycles. The van der Waals surface area contributed by atoms with Crippen molar-refractivity contribution in [3.63, 3.8) is 0 Å². The van der Waals surface area contributed by atoms with Crippen molar-refractivity contribution < 1.29 is 17.9 Å². The SMILES string of the molecule is CCNC(CS(=O)(=O)C(C)CC)c1ccc2c(c1)OCO2. The highest BCUT2D eigenvalue weighted by Gasteiger charge is 2.26. The molecule has 0 spiro atoms. The topological polar surface area (TPSA) is 64.6 Å². The molecule has 1 aliphatic rings. The first-order valence-electron chi connectivity index (χ1n) is 7.32. The number of rotatable bonds is 7. The van der Waals surface area contributed by atoms with Gasteiger partial charge in [-0.15, -0.1) is 0 Å². The van der Waals surface area contributed by atoms with E-state index in [0.717, 1.165) is 5.56 Å². The van der Waals surface area contributed by atoms with Crippen molar-refractivity contribution in [3.8, 4) is 11.5 Å². The predicted octanol–water partition coefficient (Wildman–Crippen LogP) is 2.28. The Balaban J connectivity index is 2.23. The third kappa shape index (κ3) is 3.68. The molecule has 0 saturated heterocycles. The van der Waals surface area contributed by atoms with Gasteiger partial charge in [-0.1, -0.05) is 19.9 Å². The third-order valence-electron chi connectivity index (χ3n) is 3.84. The summed E-state index contributed by atoms with van der Waals surface area (Å²) in [5.41, 5.74) is 0.910. The van der Waals surface area contributed by atoms with Crippen LogP contribution in [-0.2, 0) is 9.84 Å². The van der Waals surface area contributed by atoms with Crippen LogP contribution >= 0.6 is 0 Å². The molecule has 0 aromatic heterocycles. The molecule has 0 amide bonds. The first-order chi connectivity index (χ1) is 9.97. The number of sulfone groups is 1. The Morgan fingerprint density at radius 2 is 1.95 bits per heavy atom. The molecule has 1 N–H and O–H groups in total. The standard InChI is InChI=1S/C15H23NO4S/c1-4-11(3)21(17,18)9-13(16-5-2)12-6-7-14-15(8-12)20-10-19-14/h6-8,11,13,16H,4-5,9-10H2,1-3H3. The number of ether oxygens (including phenoxy) is 2. The van der Waals surface area contributed by atoms with E-state index in [-0.39, 0.29) is 23.8 Å². The summed E-state index contributed by atoms with van der Waals surface area (Å²) in [5, 5.41) is 2.92. The van der Waals surface area contributed by atoms with Crippen molar-refractivity contribution in [3.05, 3.63) is 23.8 Å². The smallest absolute Gasteiger partial charge is 0.231 e. The molecule has 0 saturated carbocycles. The maximum atomic E-state index is 12.4. The molecule has 1 heterocycles. The van der Waals surface area contributed by atoms with Crippen LogP contribution < -0.4 is 14.8 Å². The zero-order valence-electron chi connectivity index (χ0n) is 12.8. The fraction of sp³-hybridized carbons (Fsp3) is 0.600. The van der Waals surface area contributed by atoms with E-state index in [1.807, 2.05) is 32.0 Å². The van der Waals surface area contributed by atoms with Crippen LogP contribution in [-0.4, -0.2) is 32.8 Å². The summed E-state index contributed by atoms with van der Waals surface area (Å²) in [6.07, 6.45) is 0.627. The average Bonchev–Trinajstić information content (AvgIpc) is 2.93. The van der Waals surface area contributed by atoms with Crippen LogP contribution in [0, 0.1) is 0 Å². The highest BCUT2D eigenvalue weighted by atomic mass is 32.2. The first-order valence-corrected chi connectivity index (χ1v) is 9.04. The van der Waals surface area contributed by atoms with E-state index in [0.29, 0.717) is 24.5 Å². The van der Waals surface area contributed by atoms with Crippen LogP contribution in [0.3, 0.4) is 0 Å². The molecule has 5 nitrogen and oxygen atoms in total. The van der Waals surface area contributed by atoms with Crippen molar-refractivity contribution in [2.45, 2.75) is 38.5 Å². The molecule has 21 heavy (non-hydrogen) atoms. The highest BCUT2D eigenvalue weighted by molar-refractivity contribution is 7.92. The van der Waals surface area contributed by atoms with E-state index in [1.54, 1.807) is 6.92 Å². The molecular weight excluding hydrogens is 290 g/mol. The van der Waals surface area contributed by atoms with Gasteiger partial charge in [-0.25, -0.2) is 8.42 Å². The summed E-state index contributed by atoms with van der Waals surface area (Å²) in [7, 11) is -3.13. The lowest BCUT2D eigenvalue weighted by Gasteiger charge is -2.21. The van der Waals surface area contributed by atoms with Crippen LogP contribution in [0.25, 0.3) is 0 Å². The van der Waals surface area contributed by atoms with Crippen LogP contribution in [0.1, 0.15) is 38.8 Å². The van der Waals surface area contributed by atoms with Crippen LogP contribution in [0.4, 0.5) is 0 Å². The summed E-state index contributed by atoms with van der Waals surface area (Å²) >= 11 is 0. The molecule has 0 fully saturated rings. The molecule has 1 aromatic carbocycles. The number of fused-ring (bicyclic) bond motifs is 1. The van der Waals surface area contributed by atoms with Gasteiger partial charge in [0.25, 0.3) is 0 Å². The normalized spacial score (nSPS) is 16.7. The lowest BCUT2D eigenvalue weighted by molar-refractivity contribution is 0.174. The Morgan fingerprint density at radius 3 is 2.62 bits per heavy atom. The Bertz CT molecular complexity index is 585. The van der Waals surface area contributed by atoms with E-state index in [1.165, 1.54) is 0 Å². The second kappa shape index (κ2) is 6.66. The molecule has 0 bridgehead atoms. The van der Waals surface area contributed by atoms with E-state index < -0.39 is 9.84 Å². The van der Waals surface area contributed by atoms with E-state index in [4.69, 9.17) is 9.47 Å². The van der Waals surface area contributed by atoms with Gasteiger partial charge in [0, 0.05) is 6.04 Å². The summed E-state index contributed by atoms with van der Waals surface area (Å²) in [4.78, 5) is 0. The number of hydrogen-bond donors (Lipinski definition) is 1. The third-order valence-corrected chi connectivity index (χ3v) is 6.19. The monoisotopic (exact) mass is 313 g/mol. The molecular formula is C15H23NO4S. The van der Waals surface area contributed by atoms with Gasteiger partial charge in [0.15, 0.2) is 21.3 Å². The fourth-order valence-electron chi connectivity index (χ4n) is 2.30. The molecule has 2 unspecified atom stereocenters. The van der Waals surface area contributed by atoms with E-state index in [2.05, 4.69) is 5.32 Å². The van der Waals surface area contributed by atoms with Crippen LogP contribution in [0.5, 0.6) is 11.5 Å². The zero-order chi connectivity index (χ0) is 15.5. The lowest BCUT2D eigenvalue weighted by Crippen LogP contribution is -2.32. The van der Waals surface area contributed by atoms with E-state index >= 15 is 0 Å². The molecule has 2 atom stereocenters. The van der Waals surface area contributed by atoms with Crippen molar-refractivity contribution >= 4 is 9.84 Å². The van der Waals surface area contributed by atoms with Gasteiger partial charge >= 0.3 is 0 Å². The lowest BCUT2D eigenvalue weighted by atomic mass is 10.1. The zero-order valence-corrected chi connectivity index (χ0v) is 13.6. The van der Waals surface area contributed by atoms with Crippen molar-refractivity contribution in [2.24, 2.45) is 0 Å². The highest BCUT2D eigenvalue weighted by Crippen LogP contribution is 2.34. The number of hydrogen-bond acceptors (Lipinski definition) is 5. The Hall–Kier alpha value is -1.27. The Labute approximate surface area is 126 Å². The summed E-state index contributed by atoms with van der Waals surface area (Å²) in [6.45, 7) is 6.55. The van der Waals surface area contributed by atoms with Crippen molar-refractivity contribution in [2.75, 3.05) is 19.1 Å². The number of benzene rings is 1. The van der Waals surface area contributed by atoms with Gasteiger partial charge in [-0.05, 0) is 37.6 Å². The summed E-state index contributed by atoms with van der Waals surface area (Å²) < 4.78 is 35.4. The fourth-order valence-corrected chi connectivity index (χ4v) is 3.91. The first kappa shape index (κ1) is 16.1. The second-order valence-electron chi connectivity index (χ2n) is 5.27. The van der Waals surface area contributed by atoms with Gasteiger partial charge in [-0.3, -0.25) is 0 Å². The minimum absolute atomic E-state index is 0.0927. The molecule has 6 heteroatoms. The van der Waals surface area contributed by atoms with Gasteiger partial charge in [0.1, 0.15) is 0 Å². The average molecular weight is 313 g/mol. The van der Waals surface area contributed by atoms with E-state index in [9.17, 15) is 8.42 Å². The summed E-state index contributed by atoms with van der Waals surface area (Å²) in [6, 6.07) is 5.36. The molecule has 1 aromatic rings. The van der Waals surface area contributed by atoms with Gasteiger partial charge in [-0.2, -0.15) is 0 Å². The molecule has 2 rings (SSSR count). The maximum absolute atomic E-state index is 12.4. The largest absolute Gasteiger partial charge is 0.454 e. The minimum atomic E-state index is -3.13. The summed E-state index contributed by atoms with van der Waals surface area (Å²) in [5.74, 6) is 1.48. The van der Waals surface area contributed by atoms with Crippen molar-refractivity contribution in [1.29, 1.82) is 0 Å². The minimum Gasteiger partial charge on any atom is -0.454 e. The van der Waals surface area contributed by atoms with Crippen LogP contribution in [0.2, 0.25) is 0 Å². The maximum Gasteiger partial charge on any atom is 0.231 e. The van der Waals surface area contributed by atoms with Gasteiger partial charge in [0.2, 0.25) is 6.79 Å². The second-order valence-corrected chi connectivity index (χ2v) is 7.74. The Kier molecular flexibility index (Phi) is 5.11. The quantitative estimate of drug-likeness (QED) is 0.836. The molecule has 0 radical (unpaired) electrons. The van der Waals surface area contributed by atoms with Crippen LogP contribution in [0.15, 0.2) is 18.2 Å². The van der Waals surface area contributed by atoms with Gasteiger partial charge in [0.05, 0.1) is 11.0 Å². The van der Waals surface area contributed by atoms with Crippen molar-refractivity contribution in [1.82, 2.24) is 5.32 Å². The Morgan fingerprint density at radius 1 is 1.24 bits per heavy atom.